The average molecular weight is 152 g/mol. The van der Waals surface area contributed by atoms with Crippen LogP contribution in [0, 0.1) is 0 Å². The summed E-state index contributed by atoms with van der Waals surface area (Å²) in [4.78, 5) is 0. The van der Waals surface area contributed by atoms with Crippen molar-refractivity contribution in [3.05, 3.63) is 25.3 Å². The Morgan fingerprint density at radius 1 is 1.18 bits per heavy atom. The Bertz CT molecular complexity index is 133. The number of allylic oxidation sites excluding steroid dienone is 2. The van der Waals surface area contributed by atoms with E-state index in [1.165, 1.54) is 0 Å². The molecule has 0 bridgehead atoms. The maximum atomic E-state index is 5.36. The fourth-order valence-electron chi connectivity index (χ4n) is 1.05. The summed E-state index contributed by atoms with van der Waals surface area (Å²) in [6.45, 7) is 8.91. The molecular weight excluding hydrogens is 139 g/mol. The minimum absolute atomic E-state index is 0.121. The van der Waals surface area contributed by atoms with E-state index >= 15 is 0 Å². The molecule has 0 amide bonds. The van der Waals surface area contributed by atoms with Crippen LogP contribution in [0.15, 0.2) is 25.3 Å². The second-order valence-corrected chi connectivity index (χ2v) is 2.51. The zero-order valence-electron chi connectivity index (χ0n) is 6.66. The molecule has 1 fully saturated rings. The van der Waals surface area contributed by atoms with Gasteiger partial charge in [0.15, 0.2) is 0 Å². The molecule has 0 spiro atoms. The fourth-order valence-corrected chi connectivity index (χ4v) is 1.05. The van der Waals surface area contributed by atoms with Crippen LogP contribution in [-0.4, -0.2) is 20.3 Å². The second kappa shape index (κ2) is 4.37. The Balaban J connectivity index is 2.42. The highest BCUT2D eigenvalue weighted by Gasteiger charge is 2.27. The van der Waals surface area contributed by atoms with Gasteiger partial charge in [0.1, 0.15) is 0 Å². The van der Waals surface area contributed by atoms with Crippen molar-refractivity contribution in [1.82, 2.24) is 0 Å². The summed E-state index contributed by atoms with van der Waals surface area (Å²) in [5.74, 6) is 0.121. The minimum Gasteiger partial charge on any atom is -0.410 e. The predicted octanol–water partition coefficient (Wildman–Crippen LogP) is 1.65. The molecule has 60 valence electrons. The Kier molecular flexibility index (Phi) is 3.40. The molecule has 0 unspecified atom stereocenters. The van der Waals surface area contributed by atoms with E-state index < -0.39 is 0 Å². The van der Waals surface area contributed by atoms with Crippen LogP contribution in [0.3, 0.4) is 0 Å². The number of hydrogen-bond acceptors (Lipinski definition) is 2. The average Bonchev–Trinajstić information content (AvgIpc) is 2.09. The summed E-state index contributed by atoms with van der Waals surface area (Å²) in [5, 5.41) is 0. The molecule has 0 atom stereocenters. The van der Waals surface area contributed by atoms with Crippen LogP contribution in [-0.2, 0) is 9.31 Å². The van der Waals surface area contributed by atoms with E-state index in [1.807, 2.05) is 0 Å². The van der Waals surface area contributed by atoms with Gasteiger partial charge in [-0.05, 0) is 6.42 Å². The smallest absolute Gasteiger partial charge is 0.410 e. The third-order valence-electron chi connectivity index (χ3n) is 1.71. The van der Waals surface area contributed by atoms with Crippen LogP contribution >= 0.6 is 0 Å². The van der Waals surface area contributed by atoms with Crippen LogP contribution in [0.1, 0.15) is 6.42 Å². The molecule has 0 aromatic carbocycles. The van der Waals surface area contributed by atoms with Crippen LogP contribution in [0.25, 0.3) is 0 Å². The van der Waals surface area contributed by atoms with Crippen molar-refractivity contribution in [1.29, 1.82) is 0 Å². The van der Waals surface area contributed by atoms with Crippen molar-refractivity contribution in [2.45, 2.75) is 12.2 Å². The van der Waals surface area contributed by atoms with E-state index in [-0.39, 0.29) is 12.9 Å². The molecule has 0 radical (unpaired) electrons. The molecular formula is C8H13BO2. The van der Waals surface area contributed by atoms with Gasteiger partial charge in [-0.1, -0.05) is 12.2 Å². The lowest BCUT2D eigenvalue weighted by atomic mass is 9.71. The highest BCUT2D eigenvalue weighted by Crippen LogP contribution is 2.17. The topological polar surface area (TPSA) is 18.5 Å². The lowest BCUT2D eigenvalue weighted by molar-refractivity contribution is 0.132. The van der Waals surface area contributed by atoms with E-state index in [9.17, 15) is 0 Å². The lowest BCUT2D eigenvalue weighted by Crippen LogP contribution is -2.32. The van der Waals surface area contributed by atoms with E-state index in [2.05, 4.69) is 13.2 Å². The highest BCUT2D eigenvalue weighted by atomic mass is 16.6. The molecule has 1 saturated heterocycles. The van der Waals surface area contributed by atoms with Gasteiger partial charge in [-0.2, -0.15) is 0 Å². The summed E-state index contributed by atoms with van der Waals surface area (Å²) in [6.07, 6.45) is 4.57. The third-order valence-corrected chi connectivity index (χ3v) is 1.71. The van der Waals surface area contributed by atoms with Gasteiger partial charge in [-0.25, -0.2) is 0 Å². The molecule has 1 aliphatic rings. The first kappa shape index (κ1) is 8.56. The molecule has 11 heavy (non-hydrogen) atoms. The minimum atomic E-state index is -0.154. The predicted molar refractivity (Wildman–Crippen MR) is 46.4 cm³/mol. The SMILES string of the molecule is C=CC(C=C)B1OCCCO1. The molecule has 1 heterocycles. The maximum Gasteiger partial charge on any atom is 0.468 e. The Hall–Kier alpha value is -0.535. The highest BCUT2D eigenvalue weighted by molar-refractivity contribution is 6.48. The van der Waals surface area contributed by atoms with Crippen molar-refractivity contribution in [3.8, 4) is 0 Å². The Morgan fingerprint density at radius 3 is 2.18 bits per heavy atom. The van der Waals surface area contributed by atoms with Crippen molar-refractivity contribution in [3.63, 3.8) is 0 Å². The maximum absolute atomic E-state index is 5.36. The molecule has 0 aromatic heterocycles. The van der Waals surface area contributed by atoms with Gasteiger partial charge in [0.2, 0.25) is 0 Å². The number of hydrogen-bond donors (Lipinski definition) is 0. The van der Waals surface area contributed by atoms with Gasteiger partial charge in [0, 0.05) is 19.0 Å². The van der Waals surface area contributed by atoms with Gasteiger partial charge >= 0.3 is 7.12 Å². The van der Waals surface area contributed by atoms with E-state index in [0.717, 1.165) is 19.6 Å². The second-order valence-electron chi connectivity index (χ2n) is 2.51. The quantitative estimate of drug-likeness (QED) is 0.452. The fraction of sp³-hybridized carbons (Fsp3) is 0.500. The Labute approximate surface area is 68.0 Å². The van der Waals surface area contributed by atoms with Gasteiger partial charge in [0.25, 0.3) is 0 Å². The van der Waals surface area contributed by atoms with Crippen LogP contribution in [0.2, 0.25) is 5.82 Å². The van der Waals surface area contributed by atoms with Crippen LogP contribution in [0.5, 0.6) is 0 Å². The van der Waals surface area contributed by atoms with E-state index in [1.54, 1.807) is 12.2 Å². The monoisotopic (exact) mass is 152 g/mol. The molecule has 0 aliphatic carbocycles. The number of rotatable bonds is 3. The van der Waals surface area contributed by atoms with E-state index in [0.29, 0.717) is 0 Å². The van der Waals surface area contributed by atoms with Gasteiger partial charge in [-0.15, -0.1) is 13.2 Å². The van der Waals surface area contributed by atoms with Crippen molar-refractivity contribution >= 4 is 7.12 Å². The zero-order valence-corrected chi connectivity index (χ0v) is 6.66. The van der Waals surface area contributed by atoms with Gasteiger partial charge in [0.05, 0.1) is 0 Å². The summed E-state index contributed by atoms with van der Waals surface area (Å²) in [7, 11) is -0.154. The van der Waals surface area contributed by atoms with E-state index in [4.69, 9.17) is 9.31 Å². The normalized spacial score (nSPS) is 18.5. The summed E-state index contributed by atoms with van der Waals surface area (Å²) >= 11 is 0. The molecule has 2 nitrogen and oxygen atoms in total. The van der Waals surface area contributed by atoms with Crippen LogP contribution < -0.4 is 0 Å². The molecule has 0 N–H and O–H groups in total. The Morgan fingerprint density at radius 2 is 1.73 bits per heavy atom. The standard InChI is InChI=1S/C8H13BO2/c1-3-8(4-2)9-10-6-5-7-11-9/h3-4,8H,1-2,5-7H2. The molecule has 1 rings (SSSR count). The zero-order chi connectivity index (χ0) is 8.10. The lowest BCUT2D eigenvalue weighted by Gasteiger charge is -2.22. The molecule has 0 saturated carbocycles. The summed E-state index contributed by atoms with van der Waals surface area (Å²) in [5.41, 5.74) is 0. The molecule has 0 aromatic rings. The van der Waals surface area contributed by atoms with Crippen molar-refractivity contribution in [2.75, 3.05) is 13.2 Å². The van der Waals surface area contributed by atoms with Crippen molar-refractivity contribution < 1.29 is 9.31 Å². The first-order valence-electron chi connectivity index (χ1n) is 3.87. The van der Waals surface area contributed by atoms with Gasteiger partial charge in [-0.3, -0.25) is 0 Å². The summed E-state index contributed by atoms with van der Waals surface area (Å²) < 4.78 is 10.7. The first-order chi connectivity index (χ1) is 5.38. The third kappa shape index (κ3) is 2.21. The largest absolute Gasteiger partial charge is 0.468 e. The van der Waals surface area contributed by atoms with Gasteiger partial charge < -0.3 is 9.31 Å². The molecule has 3 heteroatoms. The van der Waals surface area contributed by atoms with Crippen molar-refractivity contribution in [2.24, 2.45) is 0 Å². The van der Waals surface area contributed by atoms with Crippen LogP contribution in [0.4, 0.5) is 0 Å². The first-order valence-corrected chi connectivity index (χ1v) is 3.87. The summed E-state index contributed by atoms with van der Waals surface area (Å²) in [6, 6.07) is 0. The molecule has 1 aliphatic heterocycles.